The van der Waals surface area contributed by atoms with Gasteiger partial charge in [0.15, 0.2) is 0 Å². The molecule has 136 valence electrons. The Hall–Kier alpha value is -2.08. The zero-order valence-corrected chi connectivity index (χ0v) is 16.0. The minimum absolute atomic E-state index is 1.20. The second kappa shape index (κ2) is 10.8. The highest BCUT2D eigenvalue weighted by Gasteiger charge is 2.10. The van der Waals surface area contributed by atoms with Gasteiger partial charge in [0.05, 0.1) is 0 Å². The van der Waals surface area contributed by atoms with Gasteiger partial charge in [-0.05, 0) is 86.5 Å². The van der Waals surface area contributed by atoms with Crippen molar-refractivity contribution >= 4 is 0 Å². The lowest BCUT2D eigenvalue weighted by Gasteiger charge is -2.18. The van der Waals surface area contributed by atoms with E-state index >= 15 is 0 Å². The van der Waals surface area contributed by atoms with Gasteiger partial charge in [-0.3, -0.25) is 0 Å². The summed E-state index contributed by atoms with van der Waals surface area (Å²) >= 11 is 0. The molecule has 3 rings (SSSR count). The molecule has 0 aromatic heterocycles. The first-order valence-corrected chi connectivity index (χ1v) is 10.4. The van der Waals surface area contributed by atoms with Crippen LogP contribution in [0.4, 0.5) is 0 Å². The summed E-state index contributed by atoms with van der Waals surface area (Å²) in [7, 11) is 0. The molecule has 2 aromatic rings. The second-order valence-corrected chi connectivity index (χ2v) is 7.42. The average molecular weight is 345 g/mol. The molecule has 0 unspecified atom stereocenters. The molecular weight excluding hydrogens is 312 g/mol. The summed E-state index contributed by atoms with van der Waals surface area (Å²) in [6.45, 7) is 0. The SMILES string of the molecule is C(/CCCc1ccccc1)=C1\CCCC\C1=C/CCCc1ccccc1. The van der Waals surface area contributed by atoms with Gasteiger partial charge in [0.2, 0.25) is 0 Å². The van der Waals surface area contributed by atoms with Crippen molar-refractivity contribution in [2.24, 2.45) is 0 Å². The lowest BCUT2D eigenvalue weighted by Crippen LogP contribution is -1.99. The molecule has 0 N–H and O–H groups in total. The largest absolute Gasteiger partial charge is 0.0810 e. The van der Waals surface area contributed by atoms with Gasteiger partial charge in [0.1, 0.15) is 0 Å². The van der Waals surface area contributed by atoms with Gasteiger partial charge in [-0.15, -0.1) is 0 Å². The van der Waals surface area contributed by atoms with Crippen molar-refractivity contribution in [1.82, 2.24) is 0 Å². The minimum Gasteiger partial charge on any atom is -0.0810 e. The Morgan fingerprint density at radius 1 is 0.577 bits per heavy atom. The summed E-state index contributed by atoms with van der Waals surface area (Å²) in [6.07, 6.45) is 17.7. The second-order valence-electron chi connectivity index (χ2n) is 7.42. The van der Waals surface area contributed by atoms with Crippen LogP contribution in [0.3, 0.4) is 0 Å². The van der Waals surface area contributed by atoms with Gasteiger partial charge in [0.25, 0.3) is 0 Å². The molecule has 0 heterocycles. The fraction of sp³-hybridized carbons (Fsp3) is 0.385. The average Bonchev–Trinajstić information content (AvgIpc) is 2.71. The molecule has 2 aromatic carbocycles. The summed E-state index contributed by atoms with van der Waals surface area (Å²) in [4.78, 5) is 0. The molecule has 0 bridgehead atoms. The number of allylic oxidation sites excluding steroid dienone is 4. The summed E-state index contributed by atoms with van der Waals surface area (Å²) in [5.74, 6) is 0. The van der Waals surface area contributed by atoms with E-state index in [-0.39, 0.29) is 0 Å². The van der Waals surface area contributed by atoms with E-state index in [0.717, 1.165) is 0 Å². The first kappa shape index (κ1) is 18.7. The lowest BCUT2D eigenvalue weighted by atomic mass is 9.87. The first-order valence-electron chi connectivity index (χ1n) is 10.4. The van der Waals surface area contributed by atoms with E-state index in [1.54, 1.807) is 11.1 Å². The Bertz CT molecular complexity index is 628. The molecule has 0 amide bonds. The molecule has 1 aliphatic carbocycles. The van der Waals surface area contributed by atoms with Crippen molar-refractivity contribution < 1.29 is 0 Å². The Labute approximate surface area is 159 Å². The molecule has 1 saturated carbocycles. The minimum atomic E-state index is 1.20. The summed E-state index contributed by atoms with van der Waals surface area (Å²) in [5.41, 5.74) is 6.21. The van der Waals surface area contributed by atoms with Crippen LogP contribution in [0.15, 0.2) is 84.0 Å². The van der Waals surface area contributed by atoms with Crippen molar-refractivity contribution in [3.05, 3.63) is 95.1 Å². The molecule has 26 heavy (non-hydrogen) atoms. The predicted molar refractivity (Wildman–Crippen MR) is 113 cm³/mol. The fourth-order valence-electron chi connectivity index (χ4n) is 3.87. The van der Waals surface area contributed by atoms with Gasteiger partial charge in [-0.2, -0.15) is 0 Å². The van der Waals surface area contributed by atoms with Crippen molar-refractivity contribution in [1.29, 1.82) is 0 Å². The van der Waals surface area contributed by atoms with E-state index < -0.39 is 0 Å². The molecule has 0 aliphatic heterocycles. The van der Waals surface area contributed by atoms with Gasteiger partial charge in [-0.1, -0.05) is 72.8 Å². The number of benzene rings is 2. The number of aryl methyl sites for hydroxylation is 2. The first-order chi connectivity index (χ1) is 12.9. The van der Waals surface area contributed by atoms with E-state index in [0.29, 0.717) is 0 Å². The molecule has 0 saturated heterocycles. The third-order valence-electron chi connectivity index (χ3n) is 5.36. The van der Waals surface area contributed by atoms with Gasteiger partial charge < -0.3 is 0 Å². The van der Waals surface area contributed by atoms with E-state index in [1.807, 2.05) is 0 Å². The Morgan fingerprint density at radius 3 is 1.42 bits per heavy atom. The Morgan fingerprint density at radius 2 is 1.00 bits per heavy atom. The third-order valence-corrected chi connectivity index (χ3v) is 5.36. The summed E-state index contributed by atoms with van der Waals surface area (Å²) in [5, 5.41) is 0. The smallest absolute Gasteiger partial charge is 0.0276 e. The van der Waals surface area contributed by atoms with Crippen molar-refractivity contribution in [2.45, 2.75) is 64.2 Å². The van der Waals surface area contributed by atoms with Crippen LogP contribution in [0.1, 0.15) is 62.5 Å². The molecule has 1 fully saturated rings. The maximum atomic E-state index is 2.53. The highest BCUT2D eigenvalue weighted by molar-refractivity contribution is 5.32. The number of hydrogen-bond acceptors (Lipinski definition) is 0. The molecular formula is C26H32. The standard InChI is InChI=1S/C26H32/c1-3-13-23(14-4-1)17-7-9-19-25-21-11-12-22-26(25)20-10-8-18-24-15-5-2-6-16-24/h1-6,13-16,19-20H,7-12,17-18,21-22H2/b25-19-,26-20+. The zero-order chi connectivity index (χ0) is 17.9. The van der Waals surface area contributed by atoms with Crippen LogP contribution in [0.25, 0.3) is 0 Å². The van der Waals surface area contributed by atoms with Crippen LogP contribution in [-0.2, 0) is 12.8 Å². The third kappa shape index (κ3) is 6.33. The molecule has 0 nitrogen and oxygen atoms in total. The van der Waals surface area contributed by atoms with E-state index in [4.69, 9.17) is 0 Å². The predicted octanol–water partition coefficient (Wildman–Crippen LogP) is 7.46. The van der Waals surface area contributed by atoms with Crippen LogP contribution in [0.5, 0.6) is 0 Å². The van der Waals surface area contributed by atoms with Crippen LogP contribution < -0.4 is 0 Å². The topological polar surface area (TPSA) is 0 Å². The van der Waals surface area contributed by atoms with E-state index in [2.05, 4.69) is 72.8 Å². The van der Waals surface area contributed by atoms with Crippen molar-refractivity contribution in [3.8, 4) is 0 Å². The van der Waals surface area contributed by atoms with Crippen molar-refractivity contribution in [2.75, 3.05) is 0 Å². The maximum absolute atomic E-state index is 2.53. The molecule has 0 heteroatoms. The van der Waals surface area contributed by atoms with Gasteiger partial charge in [0, 0.05) is 0 Å². The van der Waals surface area contributed by atoms with Gasteiger partial charge in [-0.25, -0.2) is 0 Å². The molecule has 0 atom stereocenters. The van der Waals surface area contributed by atoms with E-state index in [1.165, 1.54) is 75.3 Å². The number of unbranched alkanes of at least 4 members (excludes halogenated alkanes) is 2. The fourth-order valence-corrected chi connectivity index (χ4v) is 3.87. The highest BCUT2D eigenvalue weighted by atomic mass is 14.2. The number of rotatable bonds is 8. The quantitative estimate of drug-likeness (QED) is 0.436. The zero-order valence-electron chi connectivity index (χ0n) is 16.0. The summed E-state index contributed by atoms with van der Waals surface area (Å²) < 4.78 is 0. The van der Waals surface area contributed by atoms with Crippen LogP contribution in [-0.4, -0.2) is 0 Å². The monoisotopic (exact) mass is 344 g/mol. The molecule has 1 aliphatic rings. The van der Waals surface area contributed by atoms with Gasteiger partial charge >= 0.3 is 0 Å². The summed E-state index contributed by atoms with van der Waals surface area (Å²) in [6, 6.07) is 21.7. The maximum Gasteiger partial charge on any atom is -0.0276 e. The molecule has 0 radical (unpaired) electrons. The Kier molecular flexibility index (Phi) is 7.78. The lowest BCUT2D eigenvalue weighted by molar-refractivity contribution is 0.668. The van der Waals surface area contributed by atoms with E-state index in [9.17, 15) is 0 Å². The van der Waals surface area contributed by atoms with Crippen molar-refractivity contribution in [3.63, 3.8) is 0 Å². The normalized spacial score (nSPS) is 17.7. The number of hydrogen-bond donors (Lipinski definition) is 0. The van der Waals surface area contributed by atoms with Crippen LogP contribution in [0, 0.1) is 0 Å². The Balaban J connectivity index is 1.45. The molecule has 0 spiro atoms. The highest BCUT2D eigenvalue weighted by Crippen LogP contribution is 2.30. The van der Waals surface area contributed by atoms with Crippen LogP contribution >= 0.6 is 0 Å². The van der Waals surface area contributed by atoms with Crippen LogP contribution in [0.2, 0.25) is 0 Å².